The van der Waals surface area contributed by atoms with Crippen LogP contribution in [0.5, 0.6) is 11.5 Å². The minimum atomic E-state index is -0.448. The largest absolute Gasteiger partial charge is 0.486 e. The van der Waals surface area contributed by atoms with Crippen LogP contribution < -0.4 is 15.2 Å². The summed E-state index contributed by atoms with van der Waals surface area (Å²) in [6.45, 7) is 2.32. The molecule has 0 bridgehead atoms. The monoisotopic (exact) mass is 273 g/mol. The van der Waals surface area contributed by atoms with E-state index in [1.54, 1.807) is 12.1 Å². The van der Waals surface area contributed by atoms with Gasteiger partial charge in [0.1, 0.15) is 18.5 Å². The van der Waals surface area contributed by atoms with Crippen molar-refractivity contribution in [2.75, 3.05) is 12.3 Å². The Morgan fingerprint density at radius 1 is 1.35 bits per heavy atom. The number of para-hydroxylation sites is 1. The van der Waals surface area contributed by atoms with Gasteiger partial charge in [-0.05, 0) is 30.7 Å². The molecule has 3 nitrogen and oxygen atoms in total. The van der Waals surface area contributed by atoms with E-state index >= 15 is 0 Å². The second kappa shape index (κ2) is 5.04. The summed E-state index contributed by atoms with van der Waals surface area (Å²) in [6.07, 6.45) is 0.663. The number of nitrogen functional groups attached to an aromatic ring is 1. The molecule has 20 heavy (non-hydrogen) atoms. The number of ether oxygens (including phenoxy) is 2. The quantitative estimate of drug-likeness (QED) is 0.874. The van der Waals surface area contributed by atoms with E-state index in [0.717, 1.165) is 12.2 Å². The number of hydrogen-bond acceptors (Lipinski definition) is 3. The van der Waals surface area contributed by atoms with Gasteiger partial charge in [0.15, 0.2) is 11.6 Å². The van der Waals surface area contributed by atoms with Gasteiger partial charge in [0.25, 0.3) is 0 Å². The van der Waals surface area contributed by atoms with Crippen molar-refractivity contribution >= 4 is 5.69 Å². The Bertz CT molecular complexity index is 622. The molecule has 0 aliphatic carbocycles. The maximum Gasteiger partial charge on any atom is 0.177 e. The molecule has 1 atom stereocenters. The fourth-order valence-electron chi connectivity index (χ4n) is 2.40. The van der Waals surface area contributed by atoms with E-state index in [-0.39, 0.29) is 18.5 Å². The van der Waals surface area contributed by atoms with Gasteiger partial charge in [-0.15, -0.1) is 0 Å². The van der Waals surface area contributed by atoms with Crippen LogP contribution in [0.4, 0.5) is 10.1 Å². The molecule has 2 N–H and O–H groups in total. The van der Waals surface area contributed by atoms with Crippen molar-refractivity contribution in [3.8, 4) is 11.5 Å². The van der Waals surface area contributed by atoms with Crippen LogP contribution in [0, 0.1) is 12.7 Å². The van der Waals surface area contributed by atoms with Gasteiger partial charge in [-0.3, -0.25) is 0 Å². The number of benzene rings is 2. The van der Waals surface area contributed by atoms with Gasteiger partial charge < -0.3 is 15.2 Å². The maximum absolute atomic E-state index is 13.6. The van der Waals surface area contributed by atoms with Crippen molar-refractivity contribution in [1.29, 1.82) is 0 Å². The molecule has 2 aromatic rings. The van der Waals surface area contributed by atoms with E-state index in [4.69, 9.17) is 15.2 Å². The predicted octanol–water partition coefficient (Wildman–Crippen LogP) is 3.10. The Labute approximate surface area is 117 Å². The van der Waals surface area contributed by atoms with Gasteiger partial charge in [0, 0.05) is 6.42 Å². The van der Waals surface area contributed by atoms with Gasteiger partial charge in [0.2, 0.25) is 0 Å². The third-order valence-corrected chi connectivity index (χ3v) is 3.37. The first-order valence-corrected chi connectivity index (χ1v) is 6.56. The standard InChI is InChI=1S/C16H16FNO2/c1-10-5-6-15-11(7-10)8-12(20-15)9-19-16-13(17)3-2-4-14(16)18/h2-7,12H,8-9,18H2,1H3. The molecule has 1 aliphatic rings. The molecule has 1 heterocycles. The Kier molecular flexibility index (Phi) is 3.22. The lowest BCUT2D eigenvalue weighted by molar-refractivity contribution is 0.146. The molecule has 1 aliphatic heterocycles. The van der Waals surface area contributed by atoms with Crippen LogP contribution in [0.25, 0.3) is 0 Å². The summed E-state index contributed by atoms with van der Waals surface area (Å²) in [7, 11) is 0. The average Bonchev–Trinajstić information content (AvgIpc) is 2.80. The fraction of sp³-hybridized carbons (Fsp3) is 0.250. The van der Waals surface area contributed by atoms with E-state index in [1.807, 2.05) is 19.1 Å². The molecule has 0 spiro atoms. The summed E-state index contributed by atoms with van der Waals surface area (Å²) < 4.78 is 24.9. The van der Waals surface area contributed by atoms with Crippen molar-refractivity contribution < 1.29 is 13.9 Å². The topological polar surface area (TPSA) is 44.5 Å². The minimum absolute atomic E-state index is 0.100. The van der Waals surface area contributed by atoms with E-state index < -0.39 is 5.82 Å². The van der Waals surface area contributed by atoms with Crippen molar-refractivity contribution in [3.63, 3.8) is 0 Å². The molecule has 2 aromatic carbocycles. The number of hydrogen-bond donors (Lipinski definition) is 1. The van der Waals surface area contributed by atoms with Crippen LogP contribution in [0.3, 0.4) is 0 Å². The van der Waals surface area contributed by atoms with E-state index in [2.05, 4.69) is 6.07 Å². The number of fused-ring (bicyclic) bond motifs is 1. The molecule has 4 heteroatoms. The van der Waals surface area contributed by atoms with Crippen LogP contribution in [0.2, 0.25) is 0 Å². The zero-order valence-corrected chi connectivity index (χ0v) is 11.2. The molecule has 104 valence electrons. The Morgan fingerprint density at radius 3 is 3.00 bits per heavy atom. The lowest BCUT2D eigenvalue weighted by Gasteiger charge is -2.14. The number of rotatable bonds is 3. The Hall–Kier alpha value is -2.23. The van der Waals surface area contributed by atoms with Gasteiger partial charge >= 0.3 is 0 Å². The Balaban J connectivity index is 1.67. The smallest absolute Gasteiger partial charge is 0.177 e. The molecule has 1 unspecified atom stereocenters. The highest BCUT2D eigenvalue weighted by Gasteiger charge is 2.24. The number of aryl methyl sites for hydroxylation is 1. The second-order valence-electron chi connectivity index (χ2n) is 5.02. The predicted molar refractivity (Wildman–Crippen MR) is 75.6 cm³/mol. The first kappa shape index (κ1) is 12.8. The van der Waals surface area contributed by atoms with Crippen LogP contribution in [-0.4, -0.2) is 12.7 Å². The van der Waals surface area contributed by atoms with Gasteiger partial charge in [0.05, 0.1) is 5.69 Å². The zero-order valence-electron chi connectivity index (χ0n) is 11.2. The average molecular weight is 273 g/mol. The first-order chi connectivity index (χ1) is 9.63. The van der Waals surface area contributed by atoms with Crippen molar-refractivity contribution in [2.45, 2.75) is 19.4 Å². The van der Waals surface area contributed by atoms with E-state index in [0.29, 0.717) is 5.69 Å². The summed E-state index contributed by atoms with van der Waals surface area (Å²) in [6, 6.07) is 10.6. The summed E-state index contributed by atoms with van der Waals surface area (Å²) in [5.41, 5.74) is 8.37. The highest BCUT2D eigenvalue weighted by Crippen LogP contribution is 2.31. The number of halogens is 1. The molecule has 0 fully saturated rings. The number of anilines is 1. The third kappa shape index (κ3) is 2.41. The molecular formula is C16H16FNO2. The lowest BCUT2D eigenvalue weighted by atomic mass is 10.1. The van der Waals surface area contributed by atoms with E-state index in [9.17, 15) is 4.39 Å². The van der Waals surface area contributed by atoms with Crippen LogP contribution in [0.15, 0.2) is 36.4 Å². The van der Waals surface area contributed by atoms with Gasteiger partial charge in [-0.2, -0.15) is 0 Å². The molecule has 3 rings (SSSR count). The summed E-state index contributed by atoms with van der Waals surface area (Å²) in [4.78, 5) is 0. The van der Waals surface area contributed by atoms with Crippen molar-refractivity contribution in [3.05, 3.63) is 53.3 Å². The SMILES string of the molecule is Cc1ccc2c(c1)CC(COc1c(N)cccc1F)O2. The molecular weight excluding hydrogens is 257 g/mol. The van der Waals surface area contributed by atoms with Gasteiger partial charge in [-0.1, -0.05) is 23.8 Å². The first-order valence-electron chi connectivity index (χ1n) is 6.56. The normalized spacial score (nSPS) is 16.6. The Morgan fingerprint density at radius 2 is 2.20 bits per heavy atom. The van der Waals surface area contributed by atoms with Crippen molar-refractivity contribution in [2.24, 2.45) is 0 Å². The third-order valence-electron chi connectivity index (χ3n) is 3.37. The minimum Gasteiger partial charge on any atom is -0.486 e. The highest BCUT2D eigenvalue weighted by molar-refractivity contribution is 5.52. The fourth-order valence-corrected chi connectivity index (χ4v) is 2.40. The molecule has 0 saturated heterocycles. The molecule has 0 amide bonds. The van der Waals surface area contributed by atoms with Crippen LogP contribution >= 0.6 is 0 Å². The summed E-state index contributed by atoms with van der Waals surface area (Å²) in [5.74, 6) is 0.533. The number of nitrogens with two attached hydrogens (primary N) is 1. The van der Waals surface area contributed by atoms with Crippen LogP contribution in [0.1, 0.15) is 11.1 Å². The second-order valence-corrected chi connectivity index (χ2v) is 5.02. The lowest BCUT2D eigenvalue weighted by Crippen LogP contribution is -2.23. The summed E-state index contributed by atoms with van der Waals surface area (Å²) >= 11 is 0. The molecule has 0 aromatic heterocycles. The molecule has 0 saturated carbocycles. The zero-order chi connectivity index (χ0) is 14.1. The highest BCUT2D eigenvalue weighted by atomic mass is 19.1. The maximum atomic E-state index is 13.6. The molecule has 0 radical (unpaired) electrons. The summed E-state index contributed by atoms with van der Waals surface area (Å²) in [5, 5.41) is 0. The van der Waals surface area contributed by atoms with Gasteiger partial charge in [-0.25, -0.2) is 4.39 Å². The van der Waals surface area contributed by atoms with Crippen LogP contribution in [-0.2, 0) is 6.42 Å². The van der Waals surface area contributed by atoms with Crippen molar-refractivity contribution in [1.82, 2.24) is 0 Å². The van der Waals surface area contributed by atoms with E-state index in [1.165, 1.54) is 17.2 Å².